The van der Waals surface area contributed by atoms with Gasteiger partial charge in [-0.1, -0.05) is 12.1 Å². The normalized spacial score (nSPS) is 9.89. The van der Waals surface area contributed by atoms with Crippen LogP contribution in [0.3, 0.4) is 0 Å². The Balaban J connectivity index is 2.25. The molecule has 2 aromatic carbocycles. The number of Topliss-reactive ketones (excluding diaryl/α,β-unsaturated/α-hetero) is 1. The number of para-hydroxylation sites is 1. The minimum Gasteiger partial charge on any atom is -0.497 e. The summed E-state index contributed by atoms with van der Waals surface area (Å²) in [6.07, 6.45) is 0. The Morgan fingerprint density at radius 1 is 1.06 bits per heavy atom. The van der Waals surface area contributed by atoms with E-state index in [0.29, 0.717) is 5.56 Å². The van der Waals surface area contributed by atoms with Gasteiger partial charge < -0.3 is 10.1 Å². The van der Waals surface area contributed by atoms with Crippen LogP contribution in [-0.2, 0) is 0 Å². The maximum atomic E-state index is 11.5. The van der Waals surface area contributed by atoms with E-state index in [9.17, 15) is 4.79 Å². The van der Waals surface area contributed by atoms with Crippen LogP contribution in [0.4, 0.5) is 11.4 Å². The number of ketones is 1. The van der Waals surface area contributed by atoms with E-state index < -0.39 is 0 Å². The lowest BCUT2D eigenvalue weighted by atomic mass is 10.1. The summed E-state index contributed by atoms with van der Waals surface area (Å²) in [7, 11) is 1.63. The van der Waals surface area contributed by atoms with Crippen molar-refractivity contribution in [2.75, 3.05) is 12.4 Å². The smallest absolute Gasteiger partial charge is 0.161 e. The van der Waals surface area contributed by atoms with Crippen molar-refractivity contribution in [3.05, 3.63) is 54.1 Å². The lowest BCUT2D eigenvalue weighted by Gasteiger charge is -2.10. The molecular formula is C15H15NO2. The van der Waals surface area contributed by atoms with Gasteiger partial charge in [0.2, 0.25) is 0 Å². The minimum absolute atomic E-state index is 0.0478. The fourth-order valence-electron chi connectivity index (χ4n) is 1.73. The zero-order valence-corrected chi connectivity index (χ0v) is 10.4. The molecular weight excluding hydrogens is 226 g/mol. The quantitative estimate of drug-likeness (QED) is 0.830. The Bertz CT molecular complexity index is 547. The van der Waals surface area contributed by atoms with Crippen molar-refractivity contribution in [1.82, 2.24) is 0 Å². The van der Waals surface area contributed by atoms with Crippen LogP contribution in [-0.4, -0.2) is 12.9 Å². The molecule has 0 spiro atoms. The van der Waals surface area contributed by atoms with Crippen molar-refractivity contribution in [3.63, 3.8) is 0 Å². The number of carbonyl (C=O) groups excluding carboxylic acids is 1. The number of rotatable bonds is 4. The molecule has 0 aromatic heterocycles. The van der Waals surface area contributed by atoms with Crippen molar-refractivity contribution in [2.45, 2.75) is 6.92 Å². The molecule has 0 fully saturated rings. The van der Waals surface area contributed by atoms with E-state index in [2.05, 4.69) is 5.32 Å². The minimum atomic E-state index is 0.0478. The van der Waals surface area contributed by atoms with Crippen molar-refractivity contribution >= 4 is 17.2 Å². The molecule has 0 unspecified atom stereocenters. The highest BCUT2D eigenvalue weighted by Crippen LogP contribution is 2.23. The zero-order valence-electron chi connectivity index (χ0n) is 10.4. The summed E-state index contributed by atoms with van der Waals surface area (Å²) in [5, 5.41) is 3.23. The second kappa shape index (κ2) is 5.36. The molecule has 2 aromatic rings. The van der Waals surface area contributed by atoms with Gasteiger partial charge in [-0.2, -0.15) is 0 Å². The number of ether oxygens (including phenoxy) is 1. The van der Waals surface area contributed by atoms with E-state index in [-0.39, 0.29) is 5.78 Å². The average Bonchev–Trinajstić information content (AvgIpc) is 2.40. The van der Waals surface area contributed by atoms with Crippen LogP contribution >= 0.6 is 0 Å². The van der Waals surface area contributed by atoms with E-state index in [4.69, 9.17) is 4.74 Å². The Morgan fingerprint density at radius 3 is 2.33 bits per heavy atom. The fraction of sp³-hybridized carbons (Fsp3) is 0.133. The topological polar surface area (TPSA) is 38.3 Å². The number of hydrogen-bond donors (Lipinski definition) is 1. The molecule has 3 heteroatoms. The Hall–Kier alpha value is -2.29. The molecule has 0 saturated carbocycles. The van der Waals surface area contributed by atoms with Crippen LogP contribution in [0.2, 0.25) is 0 Å². The van der Waals surface area contributed by atoms with Gasteiger partial charge in [-0.05, 0) is 43.3 Å². The summed E-state index contributed by atoms with van der Waals surface area (Å²) in [6.45, 7) is 1.56. The van der Waals surface area contributed by atoms with Crippen molar-refractivity contribution in [1.29, 1.82) is 0 Å². The molecule has 18 heavy (non-hydrogen) atoms. The molecule has 92 valence electrons. The van der Waals surface area contributed by atoms with Gasteiger partial charge in [0.25, 0.3) is 0 Å². The summed E-state index contributed by atoms with van der Waals surface area (Å²) in [6, 6.07) is 15.0. The number of methoxy groups -OCH3 is 1. The molecule has 3 nitrogen and oxygen atoms in total. The van der Waals surface area contributed by atoms with Crippen LogP contribution in [0.1, 0.15) is 17.3 Å². The summed E-state index contributed by atoms with van der Waals surface area (Å²) in [4.78, 5) is 11.5. The molecule has 0 saturated heterocycles. The first-order valence-corrected chi connectivity index (χ1v) is 5.72. The van der Waals surface area contributed by atoms with Crippen LogP contribution in [0.15, 0.2) is 48.5 Å². The summed E-state index contributed by atoms with van der Waals surface area (Å²) >= 11 is 0. The summed E-state index contributed by atoms with van der Waals surface area (Å²) in [5.41, 5.74) is 2.42. The van der Waals surface area contributed by atoms with Gasteiger partial charge in [-0.3, -0.25) is 4.79 Å². The largest absolute Gasteiger partial charge is 0.497 e. The summed E-state index contributed by atoms with van der Waals surface area (Å²) in [5.74, 6) is 0.854. The van der Waals surface area contributed by atoms with Crippen LogP contribution in [0.25, 0.3) is 0 Å². The summed E-state index contributed by atoms with van der Waals surface area (Å²) < 4.78 is 5.10. The predicted octanol–water partition coefficient (Wildman–Crippen LogP) is 3.64. The van der Waals surface area contributed by atoms with Crippen molar-refractivity contribution in [3.8, 4) is 5.75 Å². The van der Waals surface area contributed by atoms with Gasteiger partial charge >= 0.3 is 0 Å². The molecule has 0 atom stereocenters. The highest BCUT2D eigenvalue weighted by atomic mass is 16.5. The number of nitrogens with one attached hydrogen (secondary N) is 1. The van der Waals surface area contributed by atoms with Gasteiger partial charge in [0, 0.05) is 16.9 Å². The second-order valence-corrected chi connectivity index (χ2v) is 3.96. The van der Waals surface area contributed by atoms with Crippen LogP contribution in [0, 0.1) is 0 Å². The highest BCUT2D eigenvalue weighted by molar-refractivity contribution is 6.00. The number of hydrogen-bond acceptors (Lipinski definition) is 3. The van der Waals surface area contributed by atoms with Gasteiger partial charge in [0.15, 0.2) is 5.78 Å². The lowest BCUT2D eigenvalue weighted by molar-refractivity contribution is 0.101. The first-order chi connectivity index (χ1) is 8.70. The molecule has 0 bridgehead atoms. The third-order valence-corrected chi connectivity index (χ3v) is 2.68. The van der Waals surface area contributed by atoms with E-state index in [0.717, 1.165) is 17.1 Å². The maximum Gasteiger partial charge on any atom is 0.161 e. The fourth-order valence-corrected chi connectivity index (χ4v) is 1.73. The third kappa shape index (κ3) is 2.69. The molecule has 0 aliphatic rings. The lowest BCUT2D eigenvalue weighted by Crippen LogP contribution is -1.99. The molecule has 1 N–H and O–H groups in total. The predicted molar refractivity (Wildman–Crippen MR) is 72.7 cm³/mol. The maximum absolute atomic E-state index is 11.5. The Labute approximate surface area is 106 Å². The second-order valence-electron chi connectivity index (χ2n) is 3.96. The van der Waals surface area contributed by atoms with Gasteiger partial charge in [-0.25, -0.2) is 0 Å². The van der Waals surface area contributed by atoms with Crippen molar-refractivity contribution in [2.24, 2.45) is 0 Å². The molecule has 2 rings (SSSR count). The van der Waals surface area contributed by atoms with Gasteiger partial charge in [-0.15, -0.1) is 0 Å². The van der Waals surface area contributed by atoms with E-state index in [1.807, 2.05) is 48.5 Å². The first-order valence-electron chi connectivity index (χ1n) is 5.72. The SMILES string of the molecule is COc1ccc(Nc2ccccc2C(C)=O)cc1. The van der Waals surface area contributed by atoms with Gasteiger partial charge in [0.05, 0.1) is 7.11 Å². The van der Waals surface area contributed by atoms with Crippen molar-refractivity contribution < 1.29 is 9.53 Å². The molecule has 0 amide bonds. The van der Waals surface area contributed by atoms with Crippen LogP contribution in [0.5, 0.6) is 5.75 Å². The molecule has 0 aliphatic heterocycles. The highest BCUT2D eigenvalue weighted by Gasteiger charge is 2.06. The third-order valence-electron chi connectivity index (χ3n) is 2.68. The van der Waals surface area contributed by atoms with Crippen LogP contribution < -0.4 is 10.1 Å². The Kier molecular flexibility index (Phi) is 3.63. The monoisotopic (exact) mass is 241 g/mol. The Morgan fingerprint density at radius 2 is 1.72 bits per heavy atom. The number of benzene rings is 2. The number of carbonyl (C=O) groups is 1. The zero-order chi connectivity index (χ0) is 13.0. The van der Waals surface area contributed by atoms with E-state index >= 15 is 0 Å². The molecule has 0 radical (unpaired) electrons. The first kappa shape index (κ1) is 12.2. The molecule has 0 heterocycles. The number of anilines is 2. The molecule has 0 aliphatic carbocycles. The standard InChI is InChI=1S/C15H15NO2/c1-11(17)14-5-3-4-6-15(14)16-12-7-9-13(18-2)10-8-12/h3-10,16H,1-2H3. The van der Waals surface area contributed by atoms with E-state index in [1.54, 1.807) is 14.0 Å². The van der Waals surface area contributed by atoms with Gasteiger partial charge in [0.1, 0.15) is 5.75 Å². The van der Waals surface area contributed by atoms with E-state index in [1.165, 1.54) is 0 Å². The average molecular weight is 241 g/mol.